The third-order valence-corrected chi connectivity index (χ3v) is 5.68. The van der Waals surface area contributed by atoms with Crippen LogP contribution in [0.25, 0.3) is 11.3 Å². The molecular weight excluding hydrogens is 356 g/mol. The molecule has 28 heavy (non-hydrogen) atoms. The minimum absolute atomic E-state index is 0.115. The number of carbonyl (C=O) groups excluding carboxylic acids is 1. The zero-order valence-corrected chi connectivity index (χ0v) is 15.6. The molecule has 1 aromatic carbocycles. The molecule has 2 aliphatic rings. The Hall–Kier alpha value is -3.02. The third kappa shape index (κ3) is 2.99. The first kappa shape index (κ1) is 17.1. The first-order valence-corrected chi connectivity index (χ1v) is 9.85. The number of aromatic nitrogens is 1. The number of para-hydroxylation sites is 1. The number of carbonyl (C=O) groups is 1. The Kier molecular flexibility index (Phi) is 4.39. The Morgan fingerprint density at radius 2 is 1.96 bits per heavy atom. The van der Waals surface area contributed by atoms with E-state index >= 15 is 0 Å². The van der Waals surface area contributed by atoms with Crippen molar-refractivity contribution in [2.75, 3.05) is 0 Å². The molecule has 0 bridgehead atoms. The van der Waals surface area contributed by atoms with Gasteiger partial charge in [0.05, 0.1) is 23.9 Å². The fourth-order valence-corrected chi connectivity index (χ4v) is 4.22. The van der Waals surface area contributed by atoms with Crippen LogP contribution in [0.4, 0.5) is 0 Å². The average molecular weight is 378 g/mol. The quantitative estimate of drug-likeness (QED) is 0.652. The summed E-state index contributed by atoms with van der Waals surface area (Å²) in [5.41, 5.74) is 1.91. The van der Waals surface area contributed by atoms with Crippen molar-refractivity contribution in [1.82, 2.24) is 10.1 Å². The van der Waals surface area contributed by atoms with Gasteiger partial charge in [-0.3, -0.25) is 4.79 Å². The number of furan rings is 1. The molecule has 2 aromatic heterocycles. The van der Waals surface area contributed by atoms with E-state index in [4.69, 9.17) is 13.7 Å². The largest absolute Gasteiger partial charge is 0.488 e. The predicted molar refractivity (Wildman–Crippen MR) is 102 cm³/mol. The van der Waals surface area contributed by atoms with Gasteiger partial charge in [0, 0.05) is 6.04 Å². The molecule has 1 aliphatic carbocycles. The SMILES string of the molecule is O=C(c1noc2c1COc1ccccc1-2)N(Cc1ccco1)C1CCCCC1. The van der Waals surface area contributed by atoms with Crippen molar-refractivity contribution in [3.05, 3.63) is 59.7 Å². The number of ether oxygens (including phenoxy) is 1. The lowest BCUT2D eigenvalue weighted by Gasteiger charge is -2.33. The second-order valence-electron chi connectivity index (χ2n) is 7.43. The van der Waals surface area contributed by atoms with Crippen molar-refractivity contribution in [2.45, 2.75) is 51.3 Å². The van der Waals surface area contributed by atoms with Crippen LogP contribution in [0.2, 0.25) is 0 Å². The molecule has 1 saturated carbocycles. The smallest absolute Gasteiger partial charge is 0.277 e. The number of rotatable bonds is 4. The van der Waals surface area contributed by atoms with Crippen molar-refractivity contribution in [2.24, 2.45) is 0 Å². The lowest BCUT2D eigenvalue weighted by atomic mass is 9.93. The van der Waals surface area contributed by atoms with Gasteiger partial charge in [0.2, 0.25) is 0 Å². The summed E-state index contributed by atoms with van der Waals surface area (Å²) < 4.78 is 17.0. The van der Waals surface area contributed by atoms with Crippen molar-refractivity contribution < 1.29 is 18.5 Å². The molecule has 1 amide bonds. The topological polar surface area (TPSA) is 68.7 Å². The fourth-order valence-electron chi connectivity index (χ4n) is 4.22. The van der Waals surface area contributed by atoms with E-state index < -0.39 is 0 Å². The Morgan fingerprint density at radius 1 is 1.11 bits per heavy atom. The van der Waals surface area contributed by atoms with E-state index in [1.54, 1.807) is 6.26 Å². The minimum atomic E-state index is -0.115. The average Bonchev–Trinajstić information content (AvgIpc) is 3.42. The summed E-state index contributed by atoms with van der Waals surface area (Å²) in [4.78, 5) is 15.4. The van der Waals surface area contributed by atoms with Gasteiger partial charge in [0.15, 0.2) is 11.5 Å². The summed E-state index contributed by atoms with van der Waals surface area (Å²) in [6.45, 7) is 0.728. The molecule has 0 N–H and O–H groups in total. The second-order valence-corrected chi connectivity index (χ2v) is 7.43. The molecule has 1 aliphatic heterocycles. The van der Waals surface area contributed by atoms with Crippen LogP contribution in [0.15, 0.2) is 51.6 Å². The van der Waals surface area contributed by atoms with Gasteiger partial charge in [-0.05, 0) is 37.1 Å². The monoisotopic (exact) mass is 378 g/mol. The van der Waals surface area contributed by atoms with Crippen LogP contribution in [-0.4, -0.2) is 22.0 Å². The fraction of sp³-hybridized carbons (Fsp3) is 0.364. The first-order chi connectivity index (χ1) is 13.8. The van der Waals surface area contributed by atoms with Crippen LogP contribution in [0.1, 0.15) is 53.9 Å². The Labute approximate surface area is 163 Å². The van der Waals surface area contributed by atoms with Crippen LogP contribution in [-0.2, 0) is 13.2 Å². The number of hydrogen-bond acceptors (Lipinski definition) is 5. The third-order valence-electron chi connectivity index (χ3n) is 5.68. The number of benzene rings is 1. The molecule has 0 radical (unpaired) electrons. The summed E-state index contributed by atoms with van der Waals surface area (Å²) in [5.74, 6) is 2.05. The van der Waals surface area contributed by atoms with Gasteiger partial charge in [-0.2, -0.15) is 0 Å². The summed E-state index contributed by atoms with van der Waals surface area (Å²) in [7, 11) is 0. The number of fused-ring (bicyclic) bond motifs is 3. The van der Waals surface area contributed by atoms with Gasteiger partial charge in [0.1, 0.15) is 18.1 Å². The van der Waals surface area contributed by atoms with Gasteiger partial charge in [0.25, 0.3) is 5.91 Å². The molecular formula is C22H22N2O4. The predicted octanol–water partition coefficient (Wildman–Crippen LogP) is 4.80. The van der Waals surface area contributed by atoms with Crippen LogP contribution in [0, 0.1) is 0 Å². The molecule has 3 heterocycles. The minimum Gasteiger partial charge on any atom is -0.488 e. The highest BCUT2D eigenvalue weighted by atomic mass is 16.5. The normalized spacial score (nSPS) is 16.1. The Balaban J connectivity index is 1.49. The van der Waals surface area contributed by atoms with Crippen molar-refractivity contribution in [1.29, 1.82) is 0 Å². The standard InChI is InChI=1S/C22H22N2O4/c25-22(24(13-16-9-6-12-26-16)15-7-2-1-3-8-15)20-18-14-27-19-11-5-4-10-17(19)21(18)28-23-20/h4-6,9-12,15H,1-3,7-8,13-14H2. The van der Waals surface area contributed by atoms with Crippen molar-refractivity contribution in [3.63, 3.8) is 0 Å². The summed E-state index contributed by atoms with van der Waals surface area (Å²) in [6, 6.07) is 11.6. The maximum atomic E-state index is 13.5. The second kappa shape index (κ2) is 7.19. The molecule has 6 heteroatoms. The molecule has 1 fully saturated rings. The molecule has 0 saturated heterocycles. The van der Waals surface area contributed by atoms with Gasteiger partial charge in [-0.15, -0.1) is 0 Å². The van der Waals surface area contributed by atoms with Gasteiger partial charge in [-0.25, -0.2) is 0 Å². The van der Waals surface area contributed by atoms with Gasteiger partial charge < -0.3 is 18.6 Å². The first-order valence-electron chi connectivity index (χ1n) is 9.85. The van der Waals surface area contributed by atoms with E-state index in [1.165, 1.54) is 6.42 Å². The van der Waals surface area contributed by atoms with E-state index in [-0.39, 0.29) is 18.6 Å². The molecule has 144 valence electrons. The Morgan fingerprint density at radius 3 is 2.79 bits per heavy atom. The van der Waals surface area contributed by atoms with Crippen LogP contribution >= 0.6 is 0 Å². The summed E-state index contributed by atoms with van der Waals surface area (Å²) in [6.07, 6.45) is 7.16. The maximum absolute atomic E-state index is 13.5. The molecule has 0 unspecified atom stereocenters. The molecule has 6 nitrogen and oxygen atoms in total. The Bertz CT molecular complexity index is 970. The van der Waals surface area contributed by atoms with E-state index in [2.05, 4.69) is 5.16 Å². The zero-order chi connectivity index (χ0) is 18.9. The lowest BCUT2D eigenvalue weighted by Crippen LogP contribution is -2.41. The highest BCUT2D eigenvalue weighted by Gasteiger charge is 2.34. The van der Waals surface area contributed by atoms with E-state index in [9.17, 15) is 4.79 Å². The van der Waals surface area contributed by atoms with Crippen molar-refractivity contribution in [3.8, 4) is 17.1 Å². The van der Waals surface area contributed by atoms with Crippen molar-refractivity contribution >= 4 is 5.91 Å². The number of nitrogens with zero attached hydrogens (tertiary/aromatic N) is 2. The molecule has 5 rings (SSSR count). The van der Waals surface area contributed by atoms with Crippen LogP contribution in [0.3, 0.4) is 0 Å². The lowest BCUT2D eigenvalue weighted by molar-refractivity contribution is 0.0584. The summed E-state index contributed by atoms with van der Waals surface area (Å²) in [5, 5.41) is 4.16. The van der Waals surface area contributed by atoms with Gasteiger partial charge in [-0.1, -0.05) is 36.6 Å². The van der Waals surface area contributed by atoms with Crippen LogP contribution < -0.4 is 4.74 Å². The van der Waals surface area contributed by atoms with Crippen LogP contribution in [0.5, 0.6) is 5.75 Å². The summed E-state index contributed by atoms with van der Waals surface area (Å²) >= 11 is 0. The van der Waals surface area contributed by atoms with E-state index in [0.29, 0.717) is 18.0 Å². The van der Waals surface area contributed by atoms with Gasteiger partial charge >= 0.3 is 0 Å². The molecule has 3 aromatic rings. The number of hydrogen-bond donors (Lipinski definition) is 0. The highest BCUT2D eigenvalue weighted by Crippen LogP contribution is 2.39. The van der Waals surface area contributed by atoms with E-state index in [0.717, 1.165) is 48.3 Å². The highest BCUT2D eigenvalue weighted by molar-refractivity contribution is 5.95. The molecule has 0 spiro atoms. The molecule has 0 atom stereocenters. The van der Waals surface area contributed by atoms with E-state index in [1.807, 2.05) is 41.3 Å². The number of amides is 1. The zero-order valence-electron chi connectivity index (χ0n) is 15.6. The maximum Gasteiger partial charge on any atom is 0.277 e.